The second kappa shape index (κ2) is 6.81. The Bertz CT molecular complexity index is 893. The SMILES string of the molecule is CC(=O)c1c(C)[nH]c(C(=O)NC(c2ccccc2)c2ccco2)c1C. The largest absolute Gasteiger partial charge is 0.467 e. The second-order valence-corrected chi connectivity index (χ2v) is 6.01. The molecule has 1 atom stereocenters. The molecule has 0 radical (unpaired) electrons. The molecule has 0 saturated heterocycles. The summed E-state index contributed by atoms with van der Waals surface area (Å²) in [6, 6.07) is 12.8. The van der Waals surface area contributed by atoms with E-state index in [9.17, 15) is 9.59 Å². The molecule has 0 spiro atoms. The molecule has 2 aromatic heterocycles. The van der Waals surface area contributed by atoms with E-state index in [0.29, 0.717) is 28.3 Å². The van der Waals surface area contributed by atoms with Gasteiger partial charge in [0.05, 0.1) is 6.26 Å². The molecule has 0 bridgehead atoms. The van der Waals surface area contributed by atoms with Crippen LogP contribution in [0.5, 0.6) is 0 Å². The van der Waals surface area contributed by atoms with Gasteiger partial charge in [-0.1, -0.05) is 30.3 Å². The van der Waals surface area contributed by atoms with Crippen LogP contribution in [0.15, 0.2) is 53.1 Å². The van der Waals surface area contributed by atoms with Crippen LogP contribution in [0.1, 0.15) is 56.4 Å². The van der Waals surface area contributed by atoms with Crippen LogP contribution in [0.2, 0.25) is 0 Å². The molecule has 0 saturated carbocycles. The van der Waals surface area contributed by atoms with Crippen molar-refractivity contribution in [3.63, 3.8) is 0 Å². The van der Waals surface area contributed by atoms with Crippen LogP contribution >= 0.6 is 0 Å². The van der Waals surface area contributed by atoms with Crippen molar-refractivity contribution in [2.45, 2.75) is 26.8 Å². The molecule has 0 aliphatic heterocycles. The van der Waals surface area contributed by atoms with Crippen molar-refractivity contribution in [3.05, 3.63) is 82.6 Å². The summed E-state index contributed by atoms with van der Waals surface area (Å²) in [6.45, 7) is 5.07. The van der Waals surface area contributed by atoms with Crippen LogP contribution in [0.25, 0.3) is 0 Å². The molecule has 2 N–H and O–H groups in total. The second-order valence-electron chi connectivity index (χ2n) is 6.01. The fraction of sp³-hybridized carbons (Fsp3) is 0.200. The van der Waals surface area contributed by atoms with Crippen LogP contribution < -0.4 is 5.32 Å². The van der Waals surface area contributed by atoms with Gasteiger partial charge in [-0.3, -0.25) is 9.59 Å². The number of aromatic amines is 1. The van der Waals surface area contributed by atoms with E-state index in [1.807, 2.05) is 36.4 Å². The summed E-state index contributed by atoms with van der Waals surface area (Å²) in [5.74, 6) is 0.307. The number of rotatable bonds is 5. The molecule has 3 rings (SSSR count). The smallest absolute Gasteiger partial charge is 0.268 e. The van der Waals surface area contributed by atoms with Gasteiger partial charge in [0.25, 0.3) is 5.91 Å². The topological polar surface area (TPSA) is 75.1 Å². The number of furan rings is 1. The minimum atomic E-state index is -0.410. The van der Waals surface area contributed by atoms with Crippen molar-refractivity contribution in [1.29, 1.82) is 0 Å². The first-order valence-electron chi connectivity index (χ1n) is 8.08. The minimum absolute atomic E-state index is 0.0593. The highest BCUT2D eigenvalue weighted by Crippen LogP contribution is 2.24. The molecule has 5 nitrogen and oxygen atoms in total. The van der Waals surface area contributed by atoms with E-state index in [1.54, 1.807) is 26.2 Å². The standard InChI is InChI=1S/C20H20N2O3/c1-12-17(14(3)23)13(2)21-18(12)20(24)22-19(16-10-7-11-25-16)15-8-5-4-6-9-15/h4-11,19,21H,1-3H3,(H,22,24). The molecule has 0 aliphatic carbocycles. The fourth-order valence-corrected chi connectivity index (χ4v) is 3.13. The predicted octanol–water partition coefficient (Wildman–Crippen LogP) is 3.95. The third kappa shape index (κ3) is 3.26. The quantitative estimate of drug-likeness (QED) is 0.693. The molecule has 1 amide bonds. The van der Waals surface area contributed by atoms with Crippen LogP contribution in [-0.2, 0) is 0 Å². The highest BCUT2D eigenvalue weighted by atomic mass is 16.3. The zero-order valence-corrected chi connectivity index (χ0v) is 14.4. The van der Waals surface area contributed by atoms with Gasteiger partial charge in [-0.2, -0.15) is 0 Å². The first-order valence-corrected chi connectivity index (χ1v) is 8.08. The van der Waals surface area contributed by atoms with E-state index < -0.39 is 6.04 Å². The average molecular weight is 336 g/mol. The molecule has 1 unspecified atom stereocenters. The van der Waals surface area contributed by atoms with Crippen molar-refractivity contribution in [2.75, 3.05) is 0 Å². The number of nitrogens with one attached hydrogen (secondary N) is 2. The normalized spacial score (nSPS) is 12.0. The van der Waals surface area contributed by atoms with Gasteiger partial charge in [-0.05, 0) is 44.0 Å². The van der Waals surface area contributed by atoms with Crippen LogP contribution in [0.3, 0.4) is 0 Å². The maximum Gasteiger partial charge on any atom is 0.268 e. The number of H-pyrrole nitrogens is 1. The van der Waals surface area contributed by atoms with Crippen LogP contribution in [0, 0.1) is 13.8 Å². The summed E-state index contributed by atoms with van der Waals surface area (Å²) in [5.41, 5.74) is 3.24. The lowest BCUT2D eigenvalue weighted by molar-refractivity contribution is 0.0933. The number of aromatic nitrogens is 1. The number of carbonyl (C=O) groups is 2. The van der Waals surface area contributed by atoms with Crippen LogP contribution in [0.4, 0.5) is 0 Å². The fourth-order valence-electron chi connectivity index (χ4n) is 3.13. The van der Waals surface area contributed by atoms with E-state index in [2.05, 4.69) is 10.3 Å². The van der Waals surface area contributed by atoms with E-state index >= 15 is 0 Å². The zero-order valence-electron chi connectivity index (χ0n) is 14.4. The Morgan fingerprint density at radius 1 is 1.08 bits per heavy atom. The number of hydrogen-bond donors (Lipinski definition) is 2. The highest BCUT2D eigenvalue weighted by Gasteiger charge is 2.24. The zero-order chi connectivity index (χ0) is 18.0. The number of benzene rings is 1. The maximum atomic E-state index is 12.8. The summed E-state index contributed by atoms with van der Waals surface area (Å²) in [7, 11) is 0. The summed E-state index contributed by atoms with van der Waals surface area (Å²) < 4.78 is 5.51. The molecular formula is C20H20N2O3. The van der Waals surface area contributed by atoms with Gasteiger partial charge in [0.1, 0.15) is 17.5 Å². The number of amides is 1. The van der Waals surface area contributed by atoms with Gasteiger partial charge < -0.3 is 14.7 Å². The lowest BCUT2D eigenvalue weighted by Gasteiger charge is -2.17. The van der Waals surface area contributed by atoms with Crippen molar-refractivity contribution in [3.8, 4) is 0 Å². The van der Waals surface area contributed by atoms with Gasteiger partial charge in [-0.15, -0.1) is 0 Å². The predicted molar refractivity (Wildman–Crippen MR) is 94.7 cm³/mol. The molecule has 25 heavy (non-hydrogen) atoms. The summed E-state index contributed by atoms with van der Waals surface area (Å²) >= 11 is 0. The molecule has 0 aliphatic rings. The molecule has 0 fully saturated rings. The summed E-state index contributed by atoms with van der Waals surface area (Å²) in [6.07, 6.45) is 1.58. The molecular weight excluding hydrogens is 316 g/mol. The monoisotopic (exact) mass is 336 g/mol. The Labute approximate surface area is 146 Å². The van der Waals surface area contributed by atoms with Crippen molar-refractivity contribution in [2.24, 2.45) is 0 Å². The number of aryl methyl sites for hydroxylation is 1. The number of ketones is 1. The van der Waals surface area contributed by atoms with Gasteiger partial charge in [-0.25, -0.2) is 0 Å². The molecule has 3 aromatic rings. The Hall–Kier alpha value is -3.08. The first kappa shape index (κ1) is 16.8. The lowest BCUT2D eigenvalue weighted by atomic mass is 10.0. The Balaban J connectivity index is 1.95. The molecule has 2 heterocycles. The third-order valence-electron chi connectivity index (χ3n) is 4.25. The lowest BCUT2D eigenvalue weighted by Crippen LogP contribution is -2.29. The summed E-state index contributed by atoms with van der Waals surface area (Å²) in [4.78, 5) is 27.7. The van der Waals surface area contributed by atoms with Gasteiger partial charge >= 0.3 is 0 Å². The summed E-state index contributed by atoms with van der Waals surface area (Å²) in [5, 5.41) is 3.00. The Morgan fingerprint density at radius 3 is 2.36 bits per heavy atom. The third-order valence-corrected chi connectivity index (χ3v) is 4.25. The minimum Gasteiger partial charge on any atom is -0.467 e. The highest BCUT2D eigenvalue weighted by molar-refractivity contribution is 6.02. The molecule has 128 valence electrons. The maximum absolute atomic E-state index is 12.8. The van der Waals surface area contributed by atoms with Gasteiger partial charge in [0, 0.05) is 11.3 Å². The Kier molecular flexibility index (Phi) is 4.57. The first-order chi connectivity index (χ1) is 12.0. The Morgan fingerprint density at radius 2 is 1.80 bits per heavy atom. The van der Waals surface area contributed by atoms with E-state index in [0.717, 1.165) is 5.56 Å². The van der Waals surface area contributed by atoms with E-state index in [4.69, 9.17) is 4.42 Å². The van der Waals surface area contributed by atoms with Crippen molar-refractivity contribution < 1.29 is 14.0 Å². The van der Waals surface area contributed by atoms with Crippen molar-refractivity contribution >= 4 is 11.7 Å². The van der Waals surface area contributed by atoms with Gasteiger partial charge in [0.2, 0.25) is 0 Å². The van der Waals surface area contributed by atoms with Crippen molar-refractivity contribution in [1.82, 2.24) is 10.3 Å². The number of Topliss-reactive ketones (excluding diaryl/α,β-unsaturated/α-hetero) is 1. The van der Waals surface area contributed by atoms with E-state index in [1.165, 1.54) is 6.92 Å². The molecule has 1 aromatic carbocycles. The average Bonchev–Trinajstić information content (AvgIpc) is 3.21. The number of hydrogen-bond acceptors (Lipinski definition) is 3. The van der Waals surface area contributed by atoms with E-state index in [-0.39, 0.29) is 11.7 Å². The molecule has 5 heteroatoms. The van der Waals surface area contributed by atoms with Crippen LogP contribution in [-0.4, -0.2) is 16.7 Å². The van der Waals surface area contributed by atoms with Gasteiger partial charge in [0.15, 0.2) is 5.78 Å². The number of carbonyl (C=O) groups excluding carboxylic acids is 2.